The summed E-state index contributed by atoms with van der Waals surface area (Å²) in [5, 5.41) is 0. The van der Waals surface area contributed by atoms with Gasteiger partial charge in [0.25, 0.3) is 0 Å². The maximum Gasteiger partial charge on any atom is -0.00852 e. The second kappa shape index (κ2) is 4.21. The van der Waals surface area contributed by atoms with Crippen molar-refractivity contribution in [3.63, 3.8) is 0 Å². The van der Waals surface area contributed by atoms with Crippen LogP contribution in [0.3, 0.4) is 0 Å². The topological polar surface area (TPSA) is 0 Å². The van der Waals surface area contributed by atoms with Crippen LogP contribution in [0.4, 0.5) is 0 Å². The number of benzene rings is 2. The molecule has 17 heavy (non-hydrogen) atoms. The molecule has 0 bridgehead atoms. The van der Waals surface area contributed by atoms with E-state index in [1.807, 2.05) is 0 Å². The quantitative estimate of drug-likeness (QED) is 0.653. The molecule has 0 spiro atoms. The van der Waals surface area contributed by atoms with E-state index in [1.54, 1.807) is 0 Å². The van der Waals surface area contributed by atoms with Gasteiger partial charge < -0.3 is 0 Å². The number of fused-ring (bicyclic) bond motifs is 3. The average molecular weight is 220 g/mol. The van der Waals surface area contributed by atoms with Gasteiger partial charge in [-0.05, 0) is 40.7 Å². The third-order valence-corrected chi connectivity index (χ3v) is 3.53. The first-order valence-electron chi connectivity index (χ1n) is 6.27. The highest BCUT2D eigenvalue weighted by atomic mass is 14.2. The highest BCUT2D eigenvalue weighted by molar-refractivity contribution is 5.84. The molecule has 0 atom stereocenters. The van der Waals surface area contributed by atoms with Crippen LogP contribution in [0.1, 0.15) is 24.5 Å². The molecule has 0 saturated carbocycles. The predicted molar refractivity (Wildman–Crippen MR) is 73.9 cm³/mol. The summed E-state index contributed by atoms with van der Waals surface area (Å²) in [6.45, 7) is 2.23. The number of hydrogen-bond acceptors (Lipinski definition) is 0. The summed E-state index contributed by atoms with van der Waals surface area (Å²) in [6.07, 6.45) is 4.53. The Morgan fingerprint density at radius 3 is 2.24 bits per heavy atom. The van der Waals surface area contributed by atoms with Crippen molar-refractivity contribution in [2.24, 2.45) is 0 Å². The Kier molecular flexibility index (Phi) is 2.56. The lowest BCUT2D eigenvalue weighted by Gasteiger charge is -2.10. The standard InChI is InChI=1S/C17H16/c1-2-13-11-12-14-7-3-4-9-16(14)17-10-6-5-8-15(13)17/h3-11H,2,12H2,1H3. The Morgan fingerprint density at radius 1 is 0.824 bits per heavy atom. The number of allylic oxidation sites excluding steroid dienone is 2. The molecule has 0 heteroatoms. The van der Waals surface area contributed by atoms with Crippen LogP contribution in [0.25, 0.3) is 16.7 Å². The summed E-state index contributed by atoms with van der Waals surface area (Å²) in [5.74, 6) is 0. The van der Waals surface area contributed by atoms with Gasteiger partial charge in [-0.2, -0.15) is 0 Å². The predicted octanol–water partition coefficient (Wildman–Crippen LogP) is 4.70. The van der Waals surface area contributed by atoms with E-state index in [4.69, 9.17) is 0 Å². The largest absolute Gasteiger partial charge is 0.0763 e. The van der Waals surface area contributed by atoms with Crippen molar-refractivity contribution in [3.8, 4) is 11.1 Å². The Morgan fingerprint density at radius 2 is 1.47 bits per heavy atom. The fraction of sp³-hybridized carbons (Fsp3) is 0.176. The van der Waals surface area contributed by atoms with Crippen molar-refractivity contribution in [3.05, 3.63) is 65.7 Å². The molecule has 0 saturated heterocycles. The van der Waals surface area contributed by atoms with Gasteiger partial charge in [0.15, 0.2) is 0 Å². The molecular formula is C17H16. The zero-order valence-electron chi connectivity index (χ0n) is 10.1. The number of rotatable bonds is 1. The molecule has 2 aromatic carbocycles. The lowest BCUT2D eigenvalue weighted by molar-refractivity contribution is 1.21. The molecule has 1 aliphatic carbocycles. The van der Waals surface area contributed by atoms with Gasteiger partial charge >= 0.3 is 0 Å². The zero-order chi connectivity index (χ0) is 11.7. The minimum Gasteiger partial charge on any atom is -0.0763 e. The van der Waals surface area contributed by atoms with Crippen LogP contribution < -0.4 is 0 Å². The van der Waals surface area contributed by atoms with Crippen molar-refractivity contribution in [2.75, 3.05) is 0 Å². The van der Waals surface area contributed by atoms with Gasteiger partial charge in [0.2, 0.25) is 0 Å². The summed E-state index contributed by atoms with van der Waals surface area (Å²) in [6, 6.07) is 17.5. The minimum absolute atomic E-state index is 1.05. The molecule has 84 valence electrons. The summed E-state index contributed by atoms with van der Waals surface area (Å²) in [7, 11) is 0. The summed E-state index contributed by atoms with van der Waals surface area (Å²) >= 11 is 0. The highest BCUT2D eigenvalue weighted by Crippen LogP contribution is 2.35. The van der Waals surface area contributed by atoms with Gasteiger partial charge in [-0.15, -0.1) is 0 Å². The van der Waals surface area contributed by atoms with Crippen LogP contribution in [0.15, 0.2) is 54.6 Å². The maximum atomic E-state index is 2.38. The van der Waals surface area contributed by atoms with E-state index in [9.17, 15) is 0 Å². The molecule has 0 fully saturated rings. The smallest absolute Gasteiger partial charge is 0.00852 e. The van der Waals surface area contributed by atoms with Crippen molar-refractivity contribution in [2.45, 2.75) is 19.8 Å². The first-order valence-corrected chi connectivity index (χ1v) is 6.27. The van der Waals surface area contributed by atoms with Crippen molar-refractivity contribution in [1.29, 1.82) is 0 Å². The fourth-order valence-corrected chi connectivity index (χ4v) is 2.64. The molecule has 2 aromatic rings. The Labute approximate surface area is 103 Å². The third kappa shape index (κ3) is 1.70. The summed E-state index contributed by atoms with van der Waals surface area (Å²) in [4.78, 5) is 0. The zero-order valence-corrected chi connectivity index (χ0v) is 10.1. The molecule has 0 aromatic heterocycles. The van der Waals surface area contributed by atoms with Crippen LogP contribution in [0.5, 0.6) is 0 Å². The monoisotopic (exact) mass is 220 g/mol. The number of hydrogen-bond donors (Lipinski definition) is 0. The SMILES string of the molecule is CCC1=CCc2ccccc2-c2ccccc21. The van der Waals surface area contributed by atoms with Crippen molar-refractivity contribution in [1.82, 2.24) is 0 Å². The van der Waals surface area contributed by atoms with Crippen molar-refractivity contribution >= 4 is 5.57 Å². The van der Waals surface area contributed by atoms with Crippen LogP contribution in [0, 0.1) is 0 Å². The lowest BCUT2D eigenvalue weighted by Crippen LogP contribution is -1.88. The van der Waals surface area contributed by atoms with Gasteiger partial charge in [0.05, 0.1) is 0 Å². The van der Waals surface area contributed by atoms with E-state index in [0.717, 1.165) is 12.8 Å². The van der Waals surface area contributed by atoms with E-state index >= 15 is 0 Å². The van der Waals surface area contributed by atoms with E-state index in [2.05, 4.69) is 61.5 Å². The summed E-state index contributed by atoms with van der Waals surface area (Å²) < 4.78 is 0. The van der Waals surface area contributed by atoms with Gasteiger partial charge in [-0.25, -0.2) is 0 Å². The lowest BCUT2D eigenvalue weighted by atomic mass is 9.94. The molecule has 0 nitrogen and oxygen atoms in total. The Hall–Kier alpha value is -1.82. The molecule has 1 aliphatic rings. The van der Waals surface area contributed by atoms with Crippen LogP contribution in [-0.4, -0.2) is 0 Å². The molecule has 0 aliphatic heterocycles. The van der Waals surface area contributed by atoms with Crippen LogP contribution in [-0.2, 0) is 6.42 Å². The van der Waals surface area contributed by atoms with Gasteiger partial charge in [-0.3, -0.25) is 0 Å². The maximum absolute atomic E-state index is 2.38. The highest BCUT2D eigenvalue weighted by Gasteiger charge is 2.13. The van der Waals surface area contributed by atoms with E-state index < -0.39 is 0 Å². The average Bonchev–Trinajstić information content (AvgIpc) is 2.56. The second-order valence-electron chi connectivity index (χ2n) is 4.49. The van der Waals surface area contributed by atoms with Crippen LogP contribution in [0.2, 0.25) is 0 Å². The molecular weight excluding hydrogens is 204 g/mol. The molecule has 0 heterocycles. The molecule has 0 radical (unpaired) electrons. The van der Waals surface area contributed by atoms with E-state index in [1.165, 1.54) is 27.8 Å². The first kappa shape index (κ1) is 10.3. The third-order valence-electron chi connectivity index (χ3n) is 3.53. The molecule has 3 rings (SSSR count). The first-order chi connectivity index (χ1) is 8.40. The Balaban J connectivity index is 2.30. The molecule has 0 unspecified atom stereocenters. The summed E-state index contributed by atoms with van der Waals surface area (Å²) in [5.41, 5.74) is 7.08. The Bertz CT molecular complexity index is 576. The normalized spacial score (nSPS) is 13.4. The van der Waals surface area contributed by atoms with Gasteiger partial charge in [0.1, 0.15) is 0 Å². The molecule has 0 N–H and O–H groups in total. The van der Waals surface area contributed by atoms with Crippen molar-refractivity contribution < 1.29 is 0 Å². The second-order valence-corrected chi connectivity index (χ2v) is 4.49. The van der Waals surface area contributed by atoms with E-state index in [0.29, 0.717) is 0 Å². The minimum atomic E-state index is 1.05. The van der Waals surface area contributed by atoms with Crippen LogP contribution >= 0.6 is 0 Å². The fourth-order valence-electron chi connectivity index (χ4n) is 2.64. The van der Waals surface area contributed by atoms with Gasteiger partial charge in [0, 0.05) is 0 Å². The molecule has 0 amide bonds. The van der Waals surface area contributed by atoms with Gasteiger partial charge in [-0.1, -0.05) is 61.5 Å². The van der Waals surface area contributed by atoms with E-state index in [-0.39, 0.29) is 0 Å².